The lowest BCUT2D eigenvalue weighted by molar-refractivity contribution is -0.127. The van der Waals surface area contributed by atoms with Crippen LogP contribution in [0.1, 0.15) is 45.4 Å². The maximum Gasteiger partial charge on any atom is 0.222 e. The summed E-state index contributed by atoms with van der Waals surface area (Å²) in [5.74, 6) is 1.23. The van der Waals surface area contributed by atoms with E-state index in [1.165, 1.54) is 25.7 Å². The predicted octanol–water partition coefficient (Wildman–Crippen LogP) is 1.78. The molecule has 2 fully saturated rings. The van der Waals surface area contributed by atoms with Crippen LogP contribution in [-0.4, -0.2) is 36.5 Å². The molecular formula is C13H24N2O. The zero-order valence-electron chi connectivity index (χ0n) is 10.4. The van der Waals surface area contributed by atoms with E-state index in [1.54, 1.807) is 0 Å². The molecule has 1 saturated heterocycles. The number of carbonyl (C=O) groups is 1. The SMILES string of the molecule is CC(CN1CCCC1=O)NCC1CCCC1. The fraction of sp³-hybridized carbons (Fsp3) is 0.923. The minimum Gasteiger partial charge on any atom is -0.341 e. The number of hydrogen-bond donors (Lipinski definition) is 1. The van der Waals surface area contributed by atoms with Crippen molar-refractivity contribution >= 4 is 5.91 Å². The van der Waals surface area contributed by atoms with Crippen LogP contribution in [0.25, 0.3) is 0 Å². The van der Waals surface area contributed by atoms with Gasteiger partial charge in [0.25, 0.3) is 0 Å². The summed E-state index contributed by atoms with van der Waals surface area (Å²) >= 11 is 0. The highest BCUT2D eigenvalue weighted by Crippen LogP contribution is 2.23. The molecule has 0 aromatic rings. The normalized spacial score (nSPS) is 24.3. The third-order valence-electron chi connectivity index (χ3n) is 3.90. The van der Waals surface area contributed by atoms with Gasteiger partial charge < -0.3 is 10.2 Å². The second-order valence-electron chi connectivity index (χ2n) is 5.40. The first-order valence-corrected chi connectivity index (χ1v) is 6.77. The lowest BCUT2D eigenvalue weighted by Crippen LogP contribution is -2.41. The highest BCUT2D eigenvalue weighted by atomic mass is 16.2. The molecule has 1 aliphatic heterocycles. The lowest BCUT2D eigenvalue weighted by Gasteiger charge is -2.23. The van der Waals surface area contributed by atoms with E-state index in [0.29, 0.717) is 11.9 Å². The second-order valence-corrected chi connectivity index (χ2v) is 5.40. The van der Waals surface area contributed by atoms with Gasteiger partial charge in [0.15, 0.2) is 0 Å². The summed E-state index contributed by atoms with van der Waals surface area (Å²) in [6, 6.07) is 0.447. The molecule has 1 atom stereocenters. The standard InChI is InChI=1S/C13H24N2O/c1-11(10-15-8-4-7-13(15)16)14-9-12-5-2-3-6-12/h11-12,14H,2-10H2,1H3. The van der Waals surface area contributed by atoms with Crippen LogP contribution in [0.15, 0.2) is 0 Å². The zero-order valence-corrected chi connectivity index (χ0v) is 10.4. The molecule has 0 radical (unpaired) electrons. The number of nitrogens with zero attached hydrogens (tertiary/aromatic N) is 1. The van der Waals surface area contributed by atoms with E-state index in [9.17, 15) is 4.79 Å². The maximum atomic E-state index is 11.5. The van der Waals surface area contributed by atoms with Gasteiger partial charge in [-0.1, -0.05) is 12.8 Å². The molecule has 1 N–H and O–H groups in total. The van der Waals surface area contributed by atoms with Crippen LogP contribution in [-0.2, 0) is 4.79 Å². The van der Waals surface area contributed by atoms with Crippen LogP contribution in [0.3, 0.4) is 0 Å². The summed E-state index contributed by atoms with van der Waals surface area (Å²) in [6.45, 7) is 5.20. The molecule has 3 heteroatoms. The Hall–Kier alpha value is -0.570. The van der Waals surface area contributed by atoms with Crippen molar-refractivity contribution in [2.45, 2.75) is 51.5 Å². The van der Waals surface area contributed by atoms with Crippen LogP contribution in [0.5, 0.6) is 0 Å². The molecule has 2 aliphatic rings. The molecule has 92 valence electrons. The minimum absolute atomic E-state index is 0.342. The number of nitrogens with one attached hydrogen (secondary N) is 1. The van der Waals surface area contributed by atoms with Gasteiger partial charge in [0.1, 0.15) is 0 Å². The molecule has 0 aromatic heterocycles. The van der Waals surface area contributed by atoms with Gasteiger partial charge in [0, 0.05) is 25.6 Å². The van der Waals surface area contributed by atoms with Gasteiger partial charge in [-0.3, -0.25) is 4.79 Å². The van der Waals surface area contributed by atoms with E-state index < -0.39 is 0 Å². The van der Waals surface area contributed by atoms with Crippen molar-refractivity contribution < 1.29 is 4.79 Å². The molecule has 1 heterocycles. The van der Waals surface area contributed by atoms with E-state index in [-0.39, 0.29) is 0 Å². The van der Waals surface area contributed by atoms with Crippen molar-refractivity contribution in [3.8, 4) is 0 Å². The Bertz CT molecular complexity index is 236. The summed E-state index contributed by atoms with van der Waals surface area (Å²) in [7, 11) is 0. The number of rotatable bonds is 5. The molecule has 1 amide bonds. The van der Waals surface area contributed by atoms with Crippen molar-refractivity contribution in [1.82, 2.24) is 10.2 Å². The first-order valence-electron chi connectivity index (χ1n) is 6.77. The molecule has 16 heavy (non-hydrogen) atoms. The Morgan fingerprint density at radius 3 is 2.75 bits per heavy atom. The van der Waals surface area contributed by atoms with Crippen molar-refractivity contribution in [3.63, 3.8) is 0 Å². The highest BCUT2D eigenvalue weighted by molar-refractivity contribution is 5.78. The number of likely N-dealkylation sites (tertiary alicyclic amines) is 1. The van der Waals surface area contributed by atoms with Gasteiger partial charge in [0.2, 0.25) is 5.91 Å². The van der Waals surface area contributed by atoms with E-state index in [2.05, 4.69) is 12.2 Å². The fourth-order valence-corrected chi connectivity index (χ4v) is 2.87. The number of amides is 1. The van der Waals surface area contributed by atoms with Gasteiger partial charge >= 0.3 is 0 Å². The van der Waals surface area contributed by atoms with Crippen molar-refractivity contribution in [2.24, 2.45) is 5.92 Å². The monoisotopic (exact) mass is 224 g/mol. The maximum absolute atomic E-state index is 11.5. The summed E-state index contributed by atoms with van der Waals surface area (Å²) < 4.78 is 0. The van der Waals surface area contributed by atoms with Crippen molar-refractivity contribution in [2.75, 3.05) is 19.6 Å². The van der Waals surface area contributed by atoms with Crippen LogP contribution in [0.4, 0.5) is 0 Å². The average molecular weight is 224 g/mol. The van der Waals surface area contributed by atoms with Crippen LogP contribution in [0, 0.1) is 5.92 Å². The quantitative estimate of drug-likeness (QED) is 0.772. The predicted molar refractivity (Wildman–Crippen MR) is 65.2 cm³/mol. The number of carbonyl (C=O) groups excluding carboxylic acids is 1. The third kappa shape index (κ3) is 3.21. The van der Waals surface area contributed by atoms with Gasteiger partial charge in [0.05, 0.1) is 0 Å². The summed E-state index contributed by atoms with van der Waals surface area (Å²) in [4.78, 5) is 13.5. The Labute approximate surface area is 98.6 Å². The molecule has 2 rings (SSSR count). The van der Waals surface area contributed by atoms with Gasteiger partial charge in [-0.2, -0.15) is 0 Å². The van der Waals surface area contributed by atoms with Crippen molar-refractivity contribution in [3.05, 3.63) is 0 Å². The van der Waals surface area contributed by atoms with Crippen LogP contribution >= 0.6 is 0 Å². The Kier molecular flexibility index (Phi) is 4.22. The molecule has 0 bridgehead atoms. The van der Waals surface area contributed by atoms with Gasteiger partial charge in [-0.25, -0.2) is 0 Å². The van der Waals surface area contributed by atoms with E-state index in [4.69, 9.17) is 0 Å². The molecule has 3 nitrogen and oxygen atoms in total. The topological polar surface area (TPSA) is 32.3 Å². The zero-order chi connectivity index (χ0) is 11.4. The molecule has 1 saturated carbocycles. The Morgan fingerprint density at radius 1 is 1.38 bits per heavy atom. The van der Waals surface area contributed by atoms with Gasteiger partial charge in [-0.05, 0) is 38.6 Å². The van der Waals surface area contributed by atoms with Crippen LogP contribution < -0.4 is 5.32 Å². The molecule has 0 aromatic carbocycles. The molecule has 0 spiro atoms. The summed E-state index contributed by atoms with van der Waals surface area (Å²) in [5.41, 5.74) is 0. The van der Waals surface area contributed by atoms with Crippen molar-refractivity contribution in [1.29, 1.82) is 0 Å². The highest BCUT2D eigenvalue weighted by Gasteiger charge is 2.22. The third-order valence-corrected chi connectivity index (χ3v) is 3.90. The second kappa shape index (κ2) is 5.67. The van der Waals surface area contributed by atoms with E-state index in [0.717, 1.165) is 38.4 Å². The Balaban J connectivity index is 1.63. The molecule has 1 aliphatic carbocycles. The molecular weight excluding hydrogens is 200 g/mol. The Morgan fingerprint density at radius 2 is 2.12 bits per heavy atom. The lowest BCUT2D eigenvalue weighted by atomic mass is 10.1. The van der Waals surface area contributed by atoms with E-state index >= 15 is 0 Å². The largest absolute Gasteiger partial charge is 0.341 e. The summed E-state index contributed by atoms with van der Waals surface area (Å²) in [6.07, 6.45) is 7.41. The average Bonchev–Trinajstić information content (AvgIpc) is 2.88. The van der Waals surface area contributed by atoms with E-state index in [1.807, 2.05) is 4.90 Å². The summed E-state index contributed by atoms with van der Waals surface area (Å²) in [5, 5.41) is 3.58. The number of hydrogen-bond acceptors (Lipinski definition) is 2. The minimum atomic E-state index is 0.342. The molecule has 1 unspecified atom stereocenters. The first kappa shape index (κ1) is 11.9. The first-order chi connectivity index (χ1) is 7.75. The van der Waals surface area contributed by atoms with Gasteiger partial charge in [-0.15, -0.1) is 0 Å². The smallest absolute Gasteiger partial charge is 0.222 e. The van der Waals surface area contributed by atoms with Crippen LogP contribution in [0.2, 0.25) is 0 Å². The fourth-order valence-electron chi connectivity index (χ4n) is 2.87.